The number of rotatable bonds is 14. The minimum absolute atomic E-state index is 0.326. The lowest BCUT2D eigenvalue weighted by molar-refractivity contribution is -0.143. The summed E-state index contributed by atoms with van der Waals surface area (Å²) >= 11 is 0. The number of hydrogen-bond donors (Lipinski definition) is 0. The lowest BCUT2D eigenvalue weighted by atomic mass is 9.94. The third kappa shape index (κ3) is 9.69. The number of benzene rings is 4. The Morgan fingerprint density at radius 3 is 1.03 bits per heavy atom. The van der Waals surface area contributed by atoms with Gasteiger partial charge >= 0.3 is 11.9 Å². The number of aryl methyl sites for hydroxylation is 2. The largest absolute Gasteiger partial charge is 0.542 e. The van der Waals surface area contributed by atoms with Gasteiger partial charge in [0.2, 0.25) is 0 Å². The molecule has 0 fully saturated rings. The van der Waals surface area contributed by atoms with Crippen LogP contribution in [0.25, 0.3) is 11.1 Å². The van der Waals surface area contributed by atoms with Gasteiger partial charge in [0.25, 0.3) is 16.6 Å². The maximum atomic E-state index is 13.4. The maximum absolute atomic E-state index is 13.4. The number of carbonyl (C=O) groups is 2. The van der Waals surface area contributed by atoms with Crippen molar-refractivity contribution in [3.63, 3.8) is 0 Å². The van der Waals surface area contributed by atoms with Gasteiger partial charge in [-0.2, -0.15) is 0 Å². The fraction of sp³-hybridized carbons (Fsp3) is 0.519. The van der Waals surface area contributed by atoms with Crippen LogP contribution in [0.4, 0.5) is 22.7 Å². The van der Waals surface area contributed by atoms with Gasteiger partial charge in [-0.05, 0) is 136 Å². The minimum Gasteiger partial charge on any atom is -0.542 e. The lowest BCUT2D eigenvalue weighted by Crippen LogP contribution is -2.51. The normalized spacial score (nSPS) is 13.6. The van der Waals surface area contributed by atoms with E-state index in [0.717, 1.165) is 56.5 Å². The van der Waals surface area contributed by atoms with Crippen LogP contribution in [0.3, 0.4) is 0 Å². The molecule has 0 aliphatic carbocycles. The fourth-order valence-corrected chi connectivity index (χ4v) is 20.7. The van der Waals surface area contributed by atoms with Gasteiger partial charge in [-0.15, -0.1) is 0 Å². The summed E-state index contributed by atoms with van der Waals surface area (Å²) in [5.41, 5.74) is 8.27. The molecule has 0 spiro atoms. The number of ether oxygens (including phenoxy) is 2. The molecule has 64 heavy (non-hydrogen) atoms. The van der Waals surface area contributed by atoms with Crippen molar-refractivity contribution in [2.75, 3.05) is 10.0 Å². The molecule has 8 nitrogen and oxygen atoms in total. The molecule has 0 saturated carbocycles. The highest BCUT2D eigenvalue weighted by atomic mass is 28.4. The number of nitrogens with zero attached hydrogens (tertiary/aromatic N) is 2. The van der Waals surface area contributed by atoms with E-state index in [1.54, 1.807) is 0 Å². The zero-order valence-corrected chi connectivity index (χ0v) is 44.7. The number of carbonyl (C=O) groups excluding carboxylic acids is 2. The number of esters is 2. The van der Waals surface area contributed by atoms with E-state index in [2.05, 4.69) is 131 Å². The smallest absolute Gasteiger partial charge is 0.316 e. The van der Waals surface area contributed by atoms with E-state index >= 15 is 0 Å². The van der Waals surface area contributed by atoms with E-state index in [1.807, 2.05) is 90.1 Å². The van der Waals surface area contributed by atoms with Crippen LogP contribution in [0.2, 0.25) is 33.2 Å². The molecule has 0 unspecified atom stereocenters. The van der Waals surface area contributed by atoms with Crippen LogP contribution in [0, 0.1) is 24.7 Å². The highest BCUT2D eigenvalue weighted by Crippen LogP contribution is 2.55. The van der Waals surface area contributed by atoms with Gasteiger partial charge in [0.1, 0.15) is 23.0 Å². The van der Waals surface area contributed by atoms with E-state index < -0.39 is 27.5 Å². The molecule has 4 aromatic carbocycles. The third-order valence-corrected chi connectivity index (χ3v) is 25.3. The molecule has 4 aromatic rings. The summed E-state index contributed by atoms with van der Waals surface area (Å²) in [6, 6.07) is 24.4. The topological polar surface area (TPSA) is 77.5 Å². The molecule has 1 heterocycles. The molecule has 0 aromatic heterocycles. The molecule has 1 aliphatic heterocycles. The number of anilines is 4. The lowest BCUT2D eigenvalue weighted by Gasteiger charge is -2.46. The maximum Gasteiger partial charge on any atom is 0.316 e. The van der Waals surface area contributed by atoms with Crippen LogP contribution in [0.1, 0.15) is 136 Å². The molecule has 5 rings (SSSR count). The van der Waals surface area contributed by atoms with E-state index in [4.69, 9.17) is 18.3 Å². The number of fused-ring (bicyclic) bond motifs is 3. The predicted molar refractivity (Wildman–Crippen MR) is 272 cm³/mol. The fourth-order valence-electron chi connectivity index (χ4n) is 10.0. The Hall–Kier alpha value is -4.55. The first-order chi connectivity index (χ1) is 29.6. The second kappa shape index (κ2) is 18.7. The summed E-state index contributed by atoms with van der Waals surface area (Å²) in [4.78, 5) is 26.7. The second-order valence-corrected chi connectivity index (χ2v) is 32.8. The Labute approximate surface area is 388 Å². The molecular formula is C54H78N2O6Si2. The van der Waals surface area contributed by atoms with Gasteiger partial charge in [-0.3, -0.25) is 9.59 Å². The van der Waals surface area contributed by atoms with Crippen LogP contribution in [-0.2, 0) is 9.59 Å². The van der Waals surface area contributed by atoms with Crippen molar-refractivity contribution >= 4 is 51.3 Å². The molecule has 10 heteroatoms. The van der Waals surface area contributed by atoms with Gasteiger partial charge in [-0.1, -0.05) is 95.2 Å². The summed E-state index contributed by atoms with van der Waals surface area (Å²) in [6.07, 6.45) is 0. The van der Waals surface area contributed by atoms with Crippen molar-refractivity contribution in [1.29, 1.82) is 0 Å². The average Bonchev–Trinajstić information content (AvgIpc) is 3.17. The number of hydrazine groups is 1. The Balaban J connectivity index is 1.92. The SMILES string of the molecule is Cc1cc2c(cc1O[Si](C(C)C)(C(C)C)C(C)C)N(c1cccc(OC(=O)C(C)(C)C)c1)N(c1cccc(OC(=O)C(C)(C)C)c1)c1cc(O[Si](C(C)C)(C(C)C)C(C)C)c(C)cc1-2. The summed E-state index contributed by atoms with van der Waals surface area (Å²) in [6.45, 7) is 43.2. The Bertz CT molecular complexity index is 2130. The third-order valence-electron chi connectivity index (χ3n) is 13.3. The van der Waals surface area contributed by atoms with E-state index in [9.17, 15) is 9.59 Å². The van der Waals surface area contributed by atoms with Crippen molar-refractivity contribution in [3.8, 4) is 34.1 Å². The monoisotopic (exact) mass is 907 g/mol. The predicted octanol–water partition coefficient (Wildman–Crippen LogP) is 16.2. The van der Waals surface area contributed by atoms with Gasteiger partial charge < -0.3 is 18.3 Å². The van der Waals surface area contributed by atoms with Gasteiger partial charge in [0, 0.05) is 35.4 Å². The van der Waals surface area contributed by atoms with Gasteiger partial charge in [0.05, 0.1) is 33.6 Å². The van der Waals surface area contributed by atoms with Crippen molar-refractivity contribution in [2.24, 2.45) is 10.8 Å². The highest BCUT2D eigenvalue weighted by Gasteiger charge is 2.49. The molecule has 0 saturated heterocycles. The van der Waals surface area contributed by atoms with E-state index in [0.29, 0.717) is 44.7 Å². The van der Waals surface area contributed by atoms with Crippen LogP contribution in [-0.4, -0.2) is 28.6 Å². The van der Waals surface area contributed by atoms with Gasteiger partial charge in [0.15, 0.2) is 0 Å². The summed E-state index contributed by atoms with van der Waals surface area (Å²) < 4.78 is 27.2. The molecule has 0 amide bonds. The molecule has 0 radical (unpaired) electrons. The van der Waals surface area contributed by atoms with E-state index in [1.165, 1.54) is 0 Å². The molecule has 348 valence electrons. The van der Waals surface area contributed by atoms with Crippen molar-refractivity contribution < 1.29 is 27.9 Å². The Kier molecular flexibility index (Phi) is 14.8. The first-order valence-corrected chi connectivity index (χ1v) is 27.8. The first kappa shape index (κ1) is 50.5. The van der Waals surface area contributed by atoms with Crippen LogP contribution in [0.15, 0.2) is 72.8 Å². The van der Waals surface area contributed by atoms with Crippen molar-refractivity contribution in [1.82, 2.24) is 0 Å². The Morgan fingerprint density at radius 2 is 0.766 bits per heavy atom. The standard InChI is InChI=1S/C54H78N2O6Si2/c1-33(2)63(34(3)4,35(5)6)61-49-31-47-45(27-39(49)13)46-28-40(14)50(62-64(36(7)8,37(9)10)38(11)12)32-48(46)56(42-24-22-26-44(30-42)60-52(58)54(18,19)20)55(47)41-23-21-25-43(29-41)59-51(57)53(15,16)17/h21-38H,1-20H3. The molecule has 0 atom stereocenters. The van der Waals surface area contributed by atoms with Crippen molar-refractivity contribution in [3.05, 3.63) is 83.9 Å². The molecule has 0 bridgehead atoms. The summed E-state index contributed by atoms with van der Waals surface area (Å²) in [5, 5.41) is 4.37. The highest BCUT2D eigenvalue weighted by molar-refractivity contribution is 6.78. The first-order valence-electron chi connectivity index (χ1n) is 23.5. The summed E-state index contributed by atoms with van der Waals surface area (Å²) in [5.74, 6) is 1.93. The molecule has 0 N–H and O–H groups in total. The average molecular weight is 907 g/mol. The molecule has 1 aliphatic rings. The van der Waals surface area contributed by atoms with Crippen LogP contribution in [0.5, 0.6) is 23.0 Å². The quantitative estimate of drug-likeness (QED) is 0.0703. The zero-order chi connectivity index (χ0) is 48.0. The zero-order valence-electron chi connectivity index (χ0n) is 42.7. The van der Waals surface area contributed by atoms with Gasteiger partial charge in [-0.25, -0.2) is 10.0 Å². The summed E-state index contributed by atoms with van der Waals surface area (Å²) in [7, 11) is -4.80. The number of hydrogen-bond acceptors (Lipinski definition) is 8. The second-order valence-electron chi connectivity index (χ2n) is 22.0. The van der Waals surface area contributed by atoms with Crippen molar-refractivity contribution in [2.45, 2.75) is 172 Å². The van der Waals surface area contributed by atoms with Crippen LogP contribution >= 0.6 is 0 Å². The molecular weight excluding hydrogens is 829 g/mol. The van der Waals surface area contributed by atoms with E-state index in [-0.39, 0.29) is 11.9 Å². The minimum atomic E-state index is -2.40. The van der Waals surface area contributed by atoms with Crippen LogP contribution < -0.4 is 28.3 Å². The Morgan fingerprint density at radius 1 is 0.469 bits per heavy atom.